The van der Waals surface area contributed by atoms with Crippen LogP contribution in [0.4, 0.5) is 10.2 Å². The van der Waals surface area contributed by atoms with Crippen molar-refractivity contribution in [2.24, 2.45) is 0 Å². The number of benzene rings is 2. The molecule has 0 spiro atoms. The highest BCUT2D eigenvalue weighted by atomic mass is 31.2. The number of nitrogens with one attached hydrogen (secondary N) is 1. The average molecular weight is 625 g/mol. The monoisotopic (exact) mass is 624 g/mol. The zero-order valence-electron chi connectivity index (χ0n) is 23.6. The number of esters is 1. The maximum atomic E-state index is 14.3. The van der Waals surface area contributed by atoms with Crippen molar-refractivity contribution in [1.29, 1.82) is 0 Å². The number of terminal acetylenes is 1. The predicted octanol–water partition coefficient (Wildman–Crippen LogP) is 3.17. The Morgan fingerprint density at radius 2 is 1.98 bits per heavy atom. The van der Waals surface area contributed by atoms with Gasteiger partial charge < -0.3 is 24.8 Å². The molecular formula is C29H30FN6O7P. The number of ether oxygens (including phenoxy) is 2. The summed E-state index contributed by atoms with van der Waals surface area (Å²) in [5, 5.41) is 13.8. The van der Waals surface area contributed by atoms with E-state index < -0.39 is 50.4 Å². The summed E-state index contributed by atoms with van der Waals surface area (Å²) >= 11 is 0. The third-order valence-corrected chi connectivity index (χ3v) is 8.42. The third kappa shape index (κ3) is 6.72. The van der Waals surface area contributed by atoms with Crippen molar-refractivity contribution in [3.63, 3.8) is 0 Å². The summed E-state index contributed by atoms with van der Waals surface area (Å²) in [5.74, 6) is 1.73. The van der Waals surface area contributed by atoms with Crippen LogP contribution in [0, 0.1) is 18.4 Å². The van der Waals surface area contributed by atoms with Crippen LogP contribution in [0.1, 0.15) is 25.1 Å². The number of anilines is 1. The SMILES string of the molecule is C#C[C@]1(CO[P@@](=O)(N[C@H](Cc2ccccc2)C(=O)OCC)Oc2ccccc2)O[C@@H](n2cnc3c(N)nc(F)nc32)C[C@@H]1O. The molecule has 1 saturated heterocycles. The van der Waals surface area contributed by atoms with Gasteiger partial charge in [0.25, 0.3) is 0 Å². The van der Waals surface area contributed by atoms with Crippen LogP contribution in [0.25, 0.3) is 11.2 Å². The van der Waals surface area contributed by atoms with Crippen LogP contribution in [-0.4, -0.2) is 61.6 Å². The number of imidazole rings is 1. The molecule has 5 atom stereocenters. The number of para-hydroxylation sites is 1. The van der Waals surface area contributed by atoms with Gasteiger partial charge in [0.1, 0.15) is 30.7 Å². The standard InChI is InChI=1S/C29H30FN6O7P/c1-3-29(22(37)16-23(42-29)36-18-32-24-25(31)33-28(30)34-26(24)36)17-41-44(39,43-20-13-9-6-10-14-20)35-21(27(38)40-4-2)15-19-11-7-5-8-12-19/h1,5-14,18,21-23,37H,4,15-17H2,2H3,(H,35,39)(H2,31,33,34)/t21-,22+,23-,29-,44+/m1/s1. The van der Waals surface area contributed by atoms with E-state index in [1.165, 1.54) is 10.9 Å². The molecule has 0 aliphatic carbocycles. The highest BCUT2D eigenvalue weighted by Gasteiger charge is 2.50. The molecule has 5 rings (SSSR count). The van der Waals surface area contributed by atoms with Crippen LogP contribution < -0.4 is 15.3 Å². The van der Waals surface area contributed by atoms with Crippen molar-refractivity contribution >= 4 is 30.7 Å². The number of carbonyl (C=O) groups is 1. The first-order valence-corrected chi connectivity index (χ1v) is 15.2. The number of aliphatic hydroxyl groups excluding tert-OH is 1. The van der Waals surface area contributed by atoms with Crippen molar-refractivity contribution in [2.75, 3.05) is 18.9 Å². The Morgan fingerprint density at radius 3 is 2.66 bits per heavy atom. The van der Waals surface area contributed by atoms with Gasteiger partial charge in [0, 0.05) is 6.42 Å². The van der Waals surface area contributed by atoms with Gasteiger partial charge in [0.2, 0.25) is 0 Å². The molecule has 1 fully saturated rings. The fourth-order valence-corrected chi connectivity index (χ4v) is 6.22. The lowest BCUT2D eigenvalue weighted by Crippen LogP contribution is -2.44. The lowest BCUT2D eigenvalue weighted by Gasteiger charge is -2.30. The second-order valence-corrected chi connectivity index (χ2v) is 11.6. The topological polar surface area (TPSA) is 173 Å². The van der Waals surface area contributed by atoms with E-state index in [2.05, 4.69) is 26.0 Å². The van der Waals surface area contributed by atoms with E-state index in [1.54, 1.807) is 61.5 Å². The number of nitrogens with two attached hydrogens (primary N) is 1. The largest absolute Gasteiger partial charge is 0.465 e. The maximum Gasteiger partial charge on any atom is 0.459 e. The van der Waals surface area contributed by atoms with Gasteiger partial charge in [0.05, 0.1) is 12.9 Å². The molecule has 4 N–H and O–H groups in total. The van der Waals surface area contributed by atoms with E-state index >= 15 is 0 Å². The molecule has 4 aromatic rings. The molecule has 2 aromatic heterocycles. The second-order valence-electron chi connectivity index (χ2n) is 9.86. The van der Waals surface area contributed by atoms with Gasteiger partial charge in [-0.05, 0) is 31.0 Å². The van der Waals surface area contributed by atoms with E-state index in [4.69, 9.17) is 30.7 Å². The summed E-state index contributed by atoms with van der Waals surface area (Å²) in [6.07, 6.45) is 3.77. The number of aliphatic hydroxyl groups is 1. The van der Waals surface area contributed by atoms with E-state index in [0.717, 1.165) is 5.56 Å². The number of fused-ring (bicyclic) bond motifs is 1. The first-order chi connectivity index (χ1) is 21.1. The maximum absolute atomic E-state index is 14.3. The van der Waals surface area contributed by atoms with Crippen LogP contribution >= 0.6 is 7.75 Å². The fraction of sp³-hybridized carbons (Fsp3) is 0.310. The van der Waals surface area contributed by atoms with Crippen molar-refractivity contribution in [3.8, 4) is 18.1 Å². The molecule has 230 valence electrons. The fourth-order valence-electron chi connectivity index (χ4n) is 4.70. The van der Waals surface area contributed by atoms with E-state index in [9.17, 15) is 18.9 Å². The smallest absolute Gasteiger partial charge is 0.459 e. The number of hydrogen-bond donors (Lipinski definition) is 3. The van der Waals surface area contributed by atoms with Gasteiger partial charge in [-0.15, -0.1) is 6.42 Å². The minimum absolute atomic E-state index is 0.0267. The Kier molecular flexibility index (Phi) is 9.24. The molecule has 0 saturated carbocycles. The molecule has 0 radical (unpaired) electrons. The number of halogens is 1. The highest BCUT2D eigenvalue weighted by molar-refractivity contribution is 7.52. The number of nitrogen functional groups attached to an aromatic ring is 1. The lowest BCUT2D eigenvalue weighted by atomic mass is 9.99. The lowest BCUT2D eigenvalue weighted by molar-refractivity contribution is -0.145. The van der Waals surface area contributed by atoms with Gasteiger partial charge in [-0.1, -0.05) is 54.5 Å². The number of carbonyl (C=O) groups excluding carboxylic acids is 1. The molecule has 3 heterocycles. The van der Waals surface area contributed by atoms with Crippen molar-refractivity contribution in [3.05, 3.63) is 78.6 Å². The molecule has 2 aromatic carbocycles. The summed E-state index contributed by atoms with van der Waals surface area (Å²) in [7, 11) is -4.42. The number of aromatic nitrogens is 4. The minimum Gasteiger partial charge on any atom is -0.465 e. The average Bonchev–Trinajstić information content (AvgIpc) is 3.58. The molecule has 15 heteroatoms. The summed E-state index contributed by atoms with van der Waals surface area (Å²) < 4.78 is 52.5. The Hall–Kier alpha value is -4.38. The number of rotatable bonds is 12. The molecule has 1 aliphatic heterocycles. The van der Waals surface area contributed by atoms with Crippen LogP contribution in [0.15, 0.2) is 67.0 Å². The molecular weight excluding hydrogens is 594 g/mol. The highest BCUT2D eigenvalue weighted by Crippen LogP contribution is 2.48. The summed E-state index contributed by atoms with van der Waals surface area (Å²) in [6, 6.07) is 16.1. The number of hydrogen-bond acceptors (Lipinski definition) is 11. The van der Waals surface area contributed by atoms with E-state index in [-0.39, 0.29) is 42.2 Å². The molecule has 0 bridgehead atoms. The molecule has 1 aliphatic rings. The first kappa shape index (κ1) is 31.1. The van der Waals surface area contributed by atoms with Crippen molar-refractivity contribution < 1.29 is 37.4 Å². The third-order valence-electron chi connectivity index (χ3n) is 6.87. The summed E-state index contributed by atoms with van der Waals surface area (Å²) in [5.41, 5.74) is 4.85. The van der Waals surface area contributed by atoms with Gasteiger partial charge in [-0.3, -0.25) is 13.9 Å². The van der Waals surface area contributed by atoms with E-state index in [1.807, 2.05) is 6.07 Å². The van der Waals surface area contributed by atoms with Gasteiger partial charge >= 0.3 is 19.8 Å². The Bertz CT molecular complexity index is 1700. The zero-order chi connectivity index (χ0) is 31.3. The van der Waals surface area contributed by atoms with Crippen LogP contribution in [-0.2, 0) is 29.8 Å². The molecule has 0 amide bonds. The molecule has 0 unspecified atom stereocenters. The van der Waals surface area contributed by atoms with Crippen molar-refractivity contribution in [1.82, 2.24) is 24.6 Å². The summed E-state index contributed by atoms with van der Waals surface area (Å²) in [6.45, 7) is 1.11. The van der Waals surface area contributed by atoms with Crippen LogP contribution in [0.2, 0.25) is 0 Å². The zero-order valence-corrected chi connectivity index (χ0v) is 24.5. The Labute approximate surface area is 252 Å². The van der Waals surface area contributed by atoms with Gasteiger partial charge in [-0.25, -0.2) is 9.55 Å². The molecule has 13 nitrogen and oxygen atoms in total. The predicted molar refractivity (Wildman–Crippen MR) is 156 cm³/mol. The van der Waals surface area contributed by atoms with Crippen molar-refractivity contribution in [2.45, 2.75) is 43.7 Å². The first-order valence-electron chi connectivity index (χ1n) is 13.6. The van der Waals surface area contributed by atoms with Gasteiger partial charge in [-0.2, -0.15) is 19.4 Å². The number of nitrogens with zero attached hydrogens (tertiary/aromatic N) is 4. The Balaban J connectivity index is 1.41. The van der Waals surface area contributed by atoms with Gasteiger partial charge in [0.15, 0.2) is 22.6 Å². The van der Waals surface area contributed by atoms with Crippen LogP contribution in [0.3, 0.4) is 0 Å². The van der Waals surface area contributed by atoms with Crippen LogP contribution in [0.5, 0.6) is 5.75 Å². The minimum atomic E-state index is -4.42. The van der Waals surface area contributed by atoms with E-state index in [0.29, 0.717) is 0 Å². The quantitative estimate of drug-likeness (QED) is 0.0911. The summed E-state index contributed by atoms with van der Waals surface area (Å²) in [4.78, 5) is 24.3. The second kappa shape index (κ2) is 13.1. The molecule has 44 heavy (non-hydrogen) atoms. The Morgan fingerprint density at radius 1 is 1.27 bits per heavy atom. The normalized spacial score (nSPS) is 21.8.